The molecule has 0 spiro atoms. The second kappa shape index (κ2) is 6.95. The van der Waals surface area contributed by atoms with E-state index in [4.69, 9.17) is 4.74 Å². The second-order valence-corrected chi connectivity index (χ2v) is 5.14. The number of nitrogens with zero attached hydrogens (tertiary/aromatic N) is 2. The van der Waals surface area contributed by atoms with Gasteiger partial charge in [0.2, 0.25) is 5.82 Å². The molecular formula is C17H10F4N2O3. The molecule has 26 heavy (non-hydrogen) atoms. The SMILES string of the molecule is O=C(COc1ccccc1)c1ccc(-c2noc(C(F)(F)F)n2)c(F)c1. The summed E-state index contributed by atoms with van der Waals surface area (Å²) in [5, 5.41) is 3.11. The molecule has 1 aromatic heterocycles. The van der Waals surface area contributed by atoms with Gasteiger partial charge in [0.1, 0.15) is 11.6 Å². The molecular weight excluding hydrogens is 356 g/mol. The van der Waals surface area contributed by atoms with E-state index in [0.29, 0.717) is 5.75 Å². The van der Waals surface area contributed by atoms with Gasteiger partial charge < -0.3 is 9.26 Å². The lowest BCUT2D eigenvalue weighted by Crippen LogP contribution is -2.12. The summed E-state index contributed by atoms with van der Waals surface area (Å²) in [5.74, 6) is -3.12. The Morgan fingerprint density at radius 3 is 2.46 bits per heavy atom. The maximum atomic E-state index is 14.2. The van der Waals surface area contributed by atoms with Crippen molar-refractivity contribution in [3.8, 4) is 17.1 Å². The highest BCUT2D eigenvalue weighted by atomic mass is 19.4. The maximum absolute atomic E-state index is 14.2. The van der Waals surface area contributed by atoms with E-state index in [9.17, 15) is 22.4 Å². The van der Waals surface area contributed by atoms with Crippen LogP contribution < -0.4 is 4.74 Å². The molecule has 3 aromatic rings. The molecule has 0 aliphatic heterocycles. The van der Waals surface area contributed by atoms with Gasteiger partial charge in [-0.1, -0.05) is 29.4 Å². The molecule has 0 N–H and O–H groups in total. The van der Waals surface area contributed by atoms with Crippen LogP contribution in [0.3, 0.4) is 0 Å². The molecule has 0 unspecified atom stereocenters. The molecule has 0 bridgehead atoms. The molecule has 9 heteroatoms. The minimum absolute atomic E-state index is 0.00159. The number of carbonyl (C=O) groups excluding carboxylic acids is 1. The Balaban J connectivity index is 1.75. The average Bonchev–Trinajstić information content (AvgIpc) is 3.10. The predicted octanol–water partition coefficient (Wildman–Crippen LogP) is 4.16. The Bertz CT molecular complexity index is 923. The molecule has 3 rings (SSSR count). The van der Waals surface area contributed by atoms with Crippen molar-refractivity contribution in [2.75, 3.05) is 6.61 Å². The fourth-order valence-corrected chi connectivity index (χ4v) is 2.07. The summed E-state index contributed by atoms with van der Waals surface area (Å²) in [6.45, 7) is -0.316. The topological polar surface area (TPSA) is 65.2 Å². The molecule has 0 saturated heterocycles. The van der Waals surface area contributed by atoms with E-state index >= 15 is 0 Å². The van der Waals surface area contributed by atoms with Crippen molar-refractivity contribution in [1.29, 1.82) is 0 Å². The van der Waals surface area contributed by atoms with Crippen LogP contribution in [-0.2, 0) is 6.18 Å². The van der Waals surface area contributed by atoms with E-state index in [0.717, 1.165) is 12.1 Å². The van der Waals surface area contributed by atoms with Gasteiger partial charge in [-0.15, -0.1) is 0 Å². The minimum Gasteiger partial charge on any atom is -0.485 e. The molecule has 0 atom stereocenters. The van der Waals surface area contributed by atoms with Crippen LogP contribution in [0.4, 0.5) is 17.6 Å². The van der Waals surface area contributed by atoms with E-state index in [2.05, 4.69) is 14.7 Å². The fraction of sp³-hybridized carbons (Fsp3) is 0.118. The van der Waals surface area contributed by atoms with E-state index in [1.807, 2.05) is 0 Å². The molecule has 0 aliphatic rings. The number of benzene rings is 2. The van der Waals surface area contributed by atoms with Crippen LogP contribution in [0.1, 0.15) is 16.2 Å². The average molecular weight is 366 g/mol. The summed E-state index contributed by atoms with van der Waals surface area (Å²) in [7, 11) is 0. The van der Waals surface area contributed by atoms with Crippen molar-refractivity contribution in [1.82, 2.24) is 10.1 Å². The summed E-state index contributed by atoms with van der Waals surface area (Å²) >= 11 is 0. The van der Waals surface area contributed by atoms with Crippen LogP contribution in [-0.4, -0.2) is 22.5 Å². The highest BCUT2D eigenvalue weighted by molar-refractivity contribution is 5.97. The van der Waals surface area contributed by atoms with E-state index in [1.54, 1.807) is 30.3 Å². The zero-order valence-electron chi connectivity index (χ0n) is 13.0. The summed E-state index contributed by atoms with van der Waals surface area (Å²) in [4.78, 5) is 15.2. The molecule has 0 amide bonds. The Morgan fingerprint density at radius 1 is 1.12 bits per heavy atom. The minimum atomic E-state index is -4.83. The normalized spacial score (nSPS) is 11.4. The van der Waals surface area contributed by atoms with Crippen molar-refractivity contribution in [3.05, 3.63) is 65.8 Å². The van der Waals surface area contributed by atoms with Crippen molar-refractivity contribution >= 4 is 5.78 Å². The van der Waals surface area contributed by atoms with Gasteiger partial charge in [0.15, 0.2) is 12.4 Å². The van der Waals surface area contributed by atoms with Gasteiger partial charge in [-0.3, -0.25) is 4.79 Å². The number of para-hydroxylation sites is 1. The third kappa shape index (κ3) is 3.88. The number of rotatable bonds is 5. The number of aromatic nitrogens is 2. The quantitative estimate of drug-likeness (QED) is 0.501. The number of carbonyl (C=O) groups is 1. The van der Waals surface area contributed by atoms with Crippen LogP contribution in [0.5, 0.6) is 5.75 Å². The number of Topliss-reactive ketones (excluding diaryl/α,β-unsaturated/α-hetero) is 1. The Kier molecular flexibility index (Phi) is 4.70. The number of hydrogen-bond donors (Lipinski definition) is 0. The van der Waals surface area contributed by atoms with Gasteiger partial charge in [-0.2, -0.15) is 18.2 Å². The van der Waals surface area contributed by atoms with E-state index < -0.39 is 29.5 Å². The van der Waals surface area contributed by atoms with Crippen molar-refractivity contribution in [2.45, 2.75) is 6.18 Å². The number of ether oxygens (including phenoxy) is 1. The van der Waals surface area contributed by atoms with Gasteiger partial charge in [0.25, 0.3) is 0 Å². The van der Waals surface area contributed by atoms with Crippen LogP contribution in [0.2, 0.25) is 0 Å². The summed E-state index contributed by atoms with van der Waals surface area (Å²) < 4.78 is 60.9. The highest BCUT2D eigenvalue weighted by Gasteiger charge is 2.38. The second-order valence-electron chi connectivity index (χ2n) is 5.14. The van der Waals surface area contributed by atoms with Crippen LogP contribution in [0, 0.1) is 5.82 Å². The largest absolute Gasteiger partial charge is 0.485 e. The Morgan fingerprint density at radius 2 is 1.85 bits per heavy atom. The highest BCUT2D eigenvalue weighted by Crippen LogP contribution is 2.30. The monoisotopic (exact) mass is 366 g/mol. The van der Waals surface area contributed by atoms with Crippen LogP contribution >= 0.6 is 0 Å². The first-order valence-corrected chi connectivity index (χ1v) is 7.26. The fourth-order valence-electron chi connectivity index (χ4n) is 2.07. The molecule has 0 radical (unpaired) electrons. The van der Waals surface area contributed by atoms with Crippen molar-refractivity contribution in [3.63, 3.8) is 0 Å². The third-order valence-corrected chi connectivity index (χ3v) is 3.31. The van der Waals surface area contributed by atoms with Crippen LogP contribution in [0.15, 0.2) is 53.1 Å². The number of ketones is 1. The first kappa shape index (κ1) is 17.6. The zero-order chi connectivity index (χ0) is 18.7. The van der Waals surface area contributed by atoms with Crippen molar-refractivity contribution in [2.24, 2.45) is 0 Å². The molecule has 0 fully saturated rings. The lowest BCUT2D eigenvalue weighted by Gasteiger charge is -2.06. The van der Waals surface area contributed by atoms with Gasteiger partial charge in [-0.05, 0) is 24.3 Å². The van der Waals surface area contributed by atoms with Crippen molar-refractivity contribution < 1.29 is 31.6 Å². The molecule has 1 heterocycles. The van der Waals surface area contributed by atoms with Crippen LogP contribution in [0.25, 0.3) is 11.4 Å². The predicted molar refractivity (Wildman–Crippen MR) is 81.0 cm³/mol. The van der Waals surface area contributed by atoms with E-state index in [1.165, 1.54) is 6.07 Å². The Hall–Kier alpha value is -3.23. The maximum Gasteiger partial charge on any atom is 0.471 e. The molecule has 2 aromatic carbocycles. The van der Waals surface area contributed by atoms with Gasteiger partial charge >= 0.3 is 12.1 Å². The van der Waals surface area contributed by atoms with Gasteiger partial charge in [0.05, 0.1) is 5.56 Å². The van der Waals surface area contributed by atoms with E-state index in [-0.39, 0.29) is 17.7 Å². The van der Waals surface area contributed by atoms with Gasteiger partial charge in [-0.25, -0.2) is 4.39 Å². The smallest absolute Gasteiger partial charge is 0.471 e. The van der Waals surface area contributed by atoms with Gasteiger partial charge in [0, 0.05) is 5.56 Å². The third-order valence-electron chi connectivity index (χ3n) is 3.31. The first-order chi connectivity index (χ1) is 12.3. The molecule has 134 valence electrons. The standard InChI is InChI=1S/C17H10F4N2O3/c18-13-8-10(14(24)9-25-11-4-2-1-3-5-11)6-7-12(13)15-22-16(26-23-15)17(19,20)21/h1-8H,9H2. The number of alkyl halides is 3. The summed E-state index contributed by atoms with van der Waals surface area (Å²) in [5.41, 5.74) is -0.313. The number of halogens is 4. The summed E-state index contributed by atoms with van der Waals surface area (Å²) in [6.07, 6.45) is -4.83. The lowest BCUT2D eigenvalue weighted by molar-refractivity contribution is -0.159. The Labute approximate surface area is 144 Å². The molecule has 5 nitrogen and oxygen atoms in total. The lowest BCUT2D eigenvalue weighted by atomic mass is 10.1. The zero-order valence-corrected chi connectivity index (χ0v) is 13.0. The first-order valence-electron chi connectivity index (χ1n) is 7.26. The number of hydrogen-bond acceptors (Lipinski definition) is 5. The summed E-state index contributed by atoms with van der Waals surface area (Å²) in [6, 6.07) is 11.8. The molecule has 0 saturated carbocycles. The molecule has 0 aliphatic carbocycles.